The maximum atomic E-state index is 4.19. The highest BCUT2D eigenvalue weighted by molar-refractivity contribution is 7.11. The SMILES string of the molecule is CNC(C)Cc1cnc(C)s1. The van der Waals surface area contributed by atoms with E-state index in [9.17, 15) is 0 Å². The number of aromatic nitrogens is 1. The van der Waals surface area contributed by atoms with Gasteiger partial charge in [-0.25, -0.2) is 4.98 Å². The van der Waals surface area contributed by atoms with Crippen LogP contribution in [0.3, 0.4) is 0 Å². The third-order valence-corrected chi connectivity index (χ3v) is 2.60. The maximum absolute atomic E-state index is 4.19. The molecule has 1 N–H and O–H groups in total. The molecule has 11 heavy (non-hydrogen) atoms. The summed E-state index contributed by atoms with van der Waals surface area (Å²) in [6.45, 7) is 4.22. The van der Waals surface area contributed by atoms with Crippen LogP contribution in [0.1, 0.15) is 16.8 Å². The number of rotatable bonds is 3. The van der Waals surface area contributed by atoms with Crippen LogP contribution in [-0.4, -0.2) is 18.1 Å². The Balaban J connectivity index is 2.50. The molecule has 0 radical (unpaired) electrons. The molecule has 1 unspecified atom stereocenters. The molecule has 0 fully saturated rings. The van der Waals surface area contributed by atoms with Gasteiger partial charge in [0, 0.05) is 17.1 Å². The number of nitrogens with zero attached hydrogens (tertiary/aromatic N) is 1. The number of likely N-dealkylation sites (N-methyl/N-ethyl adjacent to an activating group) is 1. The first-order chi connectivity index (χ1) is 5.22. The first kappa shape index (κ1) is 8.68. The second-order valence-electron chi connectivity index (χ2n) is 2.74. The smallest absolute Gasteiger partial charge is 0.0896 e. The summed E-state index contributed by atoms with van der Waals surface area (Å²) < 4.78 is 0. The highest BCUT2D eigenvalue weighted by atomic mass is 32.1. The standard InChI is InChI=1S/C8H14N2S/c1-6(9-3)4-8-5-10-7(2)11-8/h5-6,9H,4H2,1-3H3. The fourth-order valence-electron chi connectivity index (χ4n) is 0.904. The van der Waals surface area contributed by atoms with Crippen LogP contribution in [0.25, 0.3) is 0 Å². The van der Waals surface area contributed by atoms with Crippen LogP contribution in [0.2, 0.25) is 0 Å². The third kappa shape index (κ3) is 2.60. The lowest BCUT2D eigenvalue weighted by Gasteiger charge is -2.06. The molecule has 1 atom stereocenters. The topological polar surface area (TPSA) is 24.9 Å². The summed E-state index contributed by atoms with van der Waals surface area (Å²) in [6.07, 6.45) is 3.05. The van der Waals surface area contributed by atoms with Gasteiger partial charge < -0.3 is 5.32 Å². The normalized spacial score (nSPS) is 13.4. The molecule has 0 amide bonds. The lowest BCUT2D eigenvalue weighted by Crippen LogP contribution is -2.22. The van der Waals surface area contributed by atoms with Crippen molar-refractivity contribution in [2.75, 3.05) is 7.05 Å². The zero-order valence-electron chi connectivity index (χ0n) is 7.22. The molecule has 0 aliphatic carbocycles. The second kappa shape index (κ2) is 3.83. The Morgan fingerprint density at radius 3 is 2.91 bits per heavy atom. The van der Waals surface area contributed by atoms with E-state index in [4.69, 9.17) is 0 Å². The Morgan fingerprint density at radius 1 is 1.73 bits per heavy atom. The molecule has 1 rings (SSSR count). The number of thiazole rings is 1. The maximum Gasteiger partial charge on any atom is 0.0896 e. The number of hydrogen-bond donors (Lipinski definition) is 1. The minimum Gasteiger partial charge on any atom is -0.317 e. The molecular formula is C8H14N2S. The first-order valence-corrected chi connectivity index (χ1v) is 4.62. The molecule has 0 spiro atoms. The fraction of sp³-hybridized carbons (Fsp3) is 0.625. The lowest BCUT2D eigenvalue weighted by molar-refractivity contribution is 0.612. The van der Waals surface area contributed by atoms with Gasteiger partial charge >= 0.3 is 0 Å². The fourth-order valence-corrected chi connectivity index (χ4v) is 1.83. The monoisotopic (exact) mass is 170 g/mol. The number of hydrogen-bond acceptors (Lipinski definition) is 3. The molecule has 1 heterocycles. The lowest BCUT2D eigenvalue weighted by atomic mass is 10.2. The van der Waals surface area contributed by atoms with Gasteiger partial charge in [-0.2, -0.15) is 0 Å². The molecule has 62 valence electrons. The van der Waals surface area contributed by atoms with E-state index in [2.05, 4.69) is 17.2 Å². The van der Waals surface area contributed by atoms with E-state index in [0.717, 1.165) is 11.4 Å². The molecule has 0 saturated heterocycles. The summed E-state index contributed by atoms with van der Waals surface area (Å²) in [7, 11) is 1.98. The van der Waals surface area contributed by atoms with Crippen LogP contribution in [0, 0.1) is 6.92 Å². The highest BCUT2D eigenvalue weighted by Gasteiger charge is 2.02. The largest absolute Gasteiger partial charge is 0.317 e. The van der Waals surface area contributed by atoms with E-state index < -0.39 is 0 Å². The molecular weight excluding hydrogens is 156 g/mol. The number of aryl methyl sites for hydroxylation is 1. The Kier molecular flexibility index (Phi) is 3.02. The Morgan fingerprint density at radius 2 is 2.45 bits per heavy atom. The van der Waals surface area contributed by atoms with Crippen molar-refractivity contribution in [3.63, 3.8) is 0 Å². The summed E-state index contributed by atoms with van der Waals surface area (Å²) in [5, 5.41) is 4.36. The Bertz CT molecular complexity index is 220. The van der Waals surface area contributed by atoms with Gasteiger partial charge in [0.15, 0.2) is 0 Å². The summed E-state index contributed by atoms with van der Waals surface area (Å²) in [5.41, 5.74) is 0. The van der Waals surface area contributed by atoms with Crippen molar-refractivity contribution < 1.29 is 0 Å². The van der Waals surface area contributed by atoms with Gasteiger partial charge in [0.1, 0.15) is 0 Å². The molecule has 1 aromatic rings. The van der Waals surface area contributed by atoms with Gasteiger partial charge in [0.05, 0.1) is 5.01 Å². The van der Waals surface area contributed by atoms with Crippen molar-refractivity contribution in [1.82, 2.24) is 10.3 Å². The zero-order valence-corrected chi connectivity index (χ0v) is 8.03. The van der Waals surface area contributed by atoms with Crippen LogP contribution < -0.4 is 5.32 Å². The van der Waals surface area contributed by atoms with Crippen molar-refractivity contribution in [1.29, 1.82) is 0 Å². The van der Waals surface area contributed by atoms with Crippen molar-refractivity contribution in [2.45, 2.75) is 26.3 Å². The van der Waals surface area contributed by atoms with Crippen molar-refractivity contribution in [3.05, 3.63) is 16.1 Å². The van der Waals surface area contributed by atoms with Crippen molar-refractivity contribution in [3.8, 4) is 0 Å². The summed E-state index contributed by atoms with van der Waals surface area (Å²) in [6, 6.07) is 0.551. The van der Waals surface area contributed by atoms with Gasteiger partial charge in [-0.05, 0) is 27.3 Å². The summed E-state index contributed by atoms with van der Waals surface area (Å²) >= 11 is 1.78. The van der Waals surface area contributed by atoms with E-state index >= 15 is 0 Å². The second-order valence-corrected chi connectivity index (χ2v) is 4.06. The molecule has 0 aromatic carbocycles. The van der Waals surface area contributed by atoms with Gasteiger partial charge in [0.2, 0.25) is 0 Å². The van der Waals surface area contributed by atoms with E-state index in [1.165, 1.54) is 4.88 Å². The van der Waals surface area contributed by atoms with Crippen LogP contribution in [0.15, 0.2) is 6.20 Å². The van der Waals surface area contributed by atoms with E-state index in [1.807, 2.05) is 20.2 Å². The Labute approximate surface area is 71.7 Å². The predicted octanol–water partition coefficient (Wildman–Crippen LogP) is 1.60. The van der Waals surface area contributed by atoms with E-state index in [1.54, 1.807) is 11.3 Å². The molecule has 2 nitrogen and oxygen atoms in total. The van der Waals surface area contributed by atoms with E-state index in [0.29, 0.717) is 6.04 Å². The average Bonchev–Trinajstić information content (AvgIpc) is 2.35. The molecule has 0 aliphatic heterocycles. The zero-order chi connectivity index (χ0) is 8.27. The van der Waals surface area contributed by atoms with E-state index in [-0.39, 0.29) is 0 Å². The quantitative estimate of drug-likeness (QED) is 0.745. The van der Waals surface area contributed by atoms with Crippen LogP contribution in [-0.2, 0) is 6.42 Å². The minimum atomic E-state index is 0.551. The minimum absolute atomic E-state index is 0.551. The van der Waals surface area contributed by atoms with Gasteiger partial charge in [-0.3, -0.25) is 0 Å². The van der Waals surface area contributed by atoms with Gasteiger partial charge in [0.25, 0.3) is 0 Å². The first-order valence-electron chi connectivity index (χ1n) is 3.81. The molecule has 0 aliphatic rings. The summed E-state index contributed by atoms with van der Waals surface area (Å²) in [5.74, 6) is 0. The highest BCUT2D eigenvalue weighted by Crippen LogP contribution is 2.12. The molecule has 1 aromatic heterocycles. The van der Waals surface area contributed by atoms with Crippen molar-refractivity contribution >= 4 is 11.3 Å². The molecule has 3 heteroatoms. The van der Waals surface area contributed by atoms with Crippen LogP contribution in [0.5, 0.6) is 0 Å². The van der Waals surface area contributed by atoms with Crippen LogP contribution in [0.4, 0.5) is 0 Å². The van der Waals surface area contributed by atoms with Gasteiger partial charge in [-0.15, -0.1) is 11.3 Å². The predicted molar refractivity (Wildman–Crippen MR) is 49.1 cm³/mol. The summed E-state index contributed by atoms with van der Waals surface area (Å²) in [4.78, 5) is 5.56. The molecule has 0 bridgehead atoms. The molecule has 0 saturated carbocycles. The Hall–Kier alpha value is -0.410. The third-order valence-electron chi connectivity index (χ3n) is 1.67. The average molecular weight is 170 g/mol. The number of nitrogens with one attached hydrogen (secondary N) is 1. The van der Waals surface area contributed by atoms with Gasteiger partial charge in [-0.1, -0.05) is 0 Å². The van der Waals surface area contributed by atoms with Crippen molar-refractivity contribution in [2.24, 2.45) is 0 Å². The van der Waals surface area contributed by atoms with Crippen LogP contribution >= 0.6 is 11.3 Å².